The molecule has 0 saturated heterocycles. The van der Waals surface area contributed by atoms with Crippen LogP contribution in [0.5, 0.6) is 0 Å². The maximum atomic E-state index is 12.3. The van der Waals surface area contributed by atoms with Crippen molar-refractivity contribution in [3.63, 3.8) is 0 Å². The number of aromatic amines is 1. The minimum Gasteiger partial charge on any atom is -0.345 e. The van der Waals surface area contributed by atoms with Gasteiger partial charge in [-0.2, -0.15) is 5.26 Å². The summed E-state index contributed by atoms with van der Waals surface area (Å²) in [4.78, 5) is 7.28. The number of halogens is 1. The van der Waals surface area contributed by atoms with Gasteiger partial charge in [0, 0.05) is 24.2 Å². The second-order valence-electron chi connectivity index (χ2n) is 6.05. The van der Waals surface area contributed by atoms with E-state index in [1.807, 2.05) is 12.1 Å². The Hall–Kier alpha value is -2.66. The van der Waals surface area contributed by atoms with Gasteiger partial charge in [0.05, 0.1) is 17.3 Å². The van der Waals surface area contributed by atoms with E-state index >= 15 is 0 Å². The molecule has 0 aliphatic heterocycles. The summed E-state index contributed by atoms with van der Waals surface area (Å²) >= 11 is 5.90. The number of sulfonamides is 1. The summed E-state index contributed by atoms with van der Waals surface area (Å²) in [5.41, 5.74) is 2.88. The van der Waals surface area contributed by atoms with E-state index in [2.05, 4.69) is 20.8 Å². The number of hydrogen-bond donors (Lipinski definition) is 2. The molecule has 0 atom stereocenters. The third kappa shape index (κ3) is 5.66. The van der Waals surface area contributed by atoms with E-state index in [0.29, 0.717) is 28.5 Å². The number of benzene rings is 2. The first-order valence-electron chi connectivity index (χ1n) is 8.17. The summed E-state index contributed by atoms with van der Waals surface area (Å²) < 4.78 is 27.1. The van der Waals surface area contributed by atoms with Crippen molar-refractivity contribution in [3.8, 4) is 6.07 Å². The molecule has 2 aromatic carbocycles. The molecule has 3 aromatic rings. The predicted octanol–water partition coefficient (Wildman–Crippen LogP) is 3.15. The standard InChI is InChI=1S/C19H17ClN4O2S/c20-17-3-1-2-16(8-17)11-23-27(25,26)13-18-12-22-19(24-18)9-14-4-6-15(10-21)7-5-14/h1-8,12,23H,9,11,13H2,(H,22,24). The molecule has 1 heterocycles. The van der Waals surface area contributed by atoms with Crippen molar-refractivity contribution in [2.75, 3.05) is 0 Å². The van der Waals surface area contributed by atoms with Gasteiger partial charge in [0.1, 0.15) is 11.6 Å². The number of hydrogen-bond acceptors (Lipinski definition) is 4. The van der Waals surface area contributed by atoms with Crippen LogP contribution < -0.4 is 4.72 Å². The van der Waals surface area contributed by atoms with Crippen LogP contribution in [0.2, 0.25) is 5.02 Å². The van der Waals surface area contributed by atoms with Gasteiger partial charge in [0.25, 0.3) is 0 Å². The van der Waals surface area contributed by atoms with Crippen molar-refractivity contribution >= 4 is 21.6 Å². The van der Waals surface area contributed by atoms with Crippen molar-refractivity contribution < 1.29 is 8.42 Å². The van der Waals surface area contributed by atoms with Crippen molar-refractivity contribution in [2.24, 2.45) is 0 Å². The van der Waals surface area contributed by atoms with E-state index in [1.54, 1.807) is 36.4 Å². The third-order valence-electron chi connectivity index (χ3n) is 3.87. The minimum absolute atomic E-state index is 0.176. The zero-order valence-corrected chi connectivity index (χ0v) is 15.9. The number of nitriles is 1. The van der Waals surface area contributed by atoms with Gasteiger partial charge in [-0.15, -0.1) is 0 Å². The maximum absolute atomic E-state index is 12.3. The number of aromatic nitrogens is 2. The lowest BCUT2D eigenvalue weighted by atomic mass is 10.1. The van der Waals surface area contributed by atoms with Crippen LogP contribution in [0.3, 0.4) is 0 Å². The van der Waals surface area contributed by atoms with Gasteiger partial charge in [-0.1, -0.05) is 35.9 Å². The maximum Gasteiger partial charge on any atom is 0.217 e. The molecule has 27 heavy (non-hydrogen) atoms. The van der Waals surface area contributed by atoms with Crippen LogP contribution in [0.25, 0.3) is 0 Å². The number of imidazole rings is 1. The molecule has 0 aliphatic carbocycles. The van der Waals surface area contributed by atoms with Crippen molar-refractivity contribution in [2.45, 2.75) is 18.7 Å². The van der Waals surface area contributed by atoms with Gasteiger partial charge in [0.2, 0.25) is 10.0 Å². The van der Waals surface area contributed by atoms with E-state index in [-0.39, 0.29) is 12.3 Å². The molecule has 138 valence electrons. The normalized spacial score (nSPS) is 11.3. The van der Waals surface area contributed by atoms with E-state index in [4.69, 9.17) is 16.9 Å². The summed E-state index contributed by atoms with van der Waals surface area (Å²) in [6.07, 6.45) is 2.05. The molecular weight excluding hydrogens is 384 g/mol. The Morgan fingerprint density at radius 1 is 1.15 bits per heavy atom. The SMILES string of the molecule is N#Cc1ccc(Cc2ncc(CS(=O)(=O)NCc3cccc(Cl)c3)[nH]2)cc1. The summed E-state index contributed by atoms with van der Waals surface area (Å²) in [5.74, 6) is 0.480. The first-order chi connectivity index (χ1) is 12.9. The summed E-state index contributed by atoms with van der Waals surface area (Å²) in [6.45, 7) is 0.176. The second kappa shape index (κ2) is 8.35. The van der Waals surface area contributed by atoms with Crippen LogP contribution in [0.4, 0.5) is 0 Å². The highest BCUT2D eigenvalue weighted by Crippen LogP contribution is 2.12. The monoisotopic (exact) mass is 400 g/mol. The first-order valence-corrected chi connectivity index (χ1v) is 10.2. The van der Waals surface area contributed by atoms with E-state index in [0.717, 1.165) is 11.1 Å². The molecule has 0 spiro atoms. The molecule has 2 N–H and O–H groups in total. The topological polar surface area (TPSA) is 98.6 Å². The molecule has 8 heteroatoms. The molecule has 0 radical (unpaired) electrons. The van der Waals surface area contributed by atoms with Crippen LogP contribution >= 0.6 is 11.6 Å². The van der Waals surface area contributed by atoms with Crippen LogP contribution in [0.1, 0.15) is 28.2 Å². The number of nitrogens with one attached hydrogen (secondary N) is 2. The van der Waals surface area contributed by atoms with Crippen LogP contribution in [-0.2, 0) is 28.7 Å². The molecule has 1 aromatic heterocycles. The van der Waals surface area contributed by atoms with Gasteiger partial charge >= 0.3 is 0 Å². The molecule has 0 unspecified atom stereocenters. The molecule has 0 aliphatic rings. The molecule has 0 fully saturated rings. The number of nitrogens with zero attached hydrogens (tertiary/aromatic N) is 2. The Kier molecular flexibility index (Phi) is 5.91. The zero-order valence-electron chi connectivity index (χ0n) is 14.3. The highest BCUT2D eigenvalue weighted by atomic mass is 35.5. The first kappa shape index (κ1) is 19.1. The van der Waals surface area contributed by atoms with Crippen molar-refractivity contribution in [3.05, 3.63) is 88.0 Å². The van der Waals surface area contributed by atoms with Crippen molar-refractivity contribution in [1.29, 1.82) is 5.26 Å². The quantitative estimate of drug-likeness (QED) is 0.636. The smallest absolute Gasteiger partial charge is 0.217 e. The fourth-order valence-electron chi connectivity index (χ4n) is 2.56. The van der Waals surface area contributed by atoms with Gasteiger partial charge < -0.3 is 4.98 Å². The van der Waals surface area contributed by atoms with Gasteiger partial charge in [-0.25, -0.2) is 18.1 Å². The third-order valence-corrected chi connectivity index (χ3v) is 5.38. The predicted molar refractivity (Wildman–Crippen MR) is 103 cm³/mol. The lowest BCUT2D eigenvalue weighted by molar-refractivity contribution is 0.580. The zero-order chi connectivity index (χ0) is 19.3. The molecule has 0 saturated carbocycles. The lowest BCUT2D eigenvalue weighted by Gasteiger charge is -2.06. The number of rotatable bonds is 7. The van der Waals surface area contributed by atoms with E-state index in [1.165, 1.54) is 6.20 Å². The number of H-pyrrole nitrogens is 1. The van der Waals surface area contributed by atoms with Crippen LogP contribution in [0, 0.1) is 11.3 Å². The van der Waals surface area contributed by atoms with Gasteiger partial charge in [-0.05, 0) is 35.4 Å². The highest BCUT2D eigenvalue weighted by molar-refractivity contribution is 7.88. The Bertz CT molecular complexity index is 1070. The fraction of sp³-hybridized carbons (Fsp3) is 0.158. The lowest BCUT2D eigenvalue weighted by Crippen LogP contribution is -2.24. The molecule has 6 nitrogen and oxygen atoms in total. The Labute approximate surface area is 162 Å². The molecule has 0 bridgehead atoms. The van der Waals surface area contributed by atoms with Gasteiger partial charge in [-0.3, -0.25) is 0 Å². The fourth-order valence-corrected chi connectivity index (χ4v) is 3.81. The Morgan fingerprint density at radius 2 is 1.93 bits per heavy atom. The largest absolute Gasteiger partial charge is 0.345 e. The Balaban J connectivity index is 1.59. The average molecular weight is 401 g/mol. The minimum atomic E-state index is -3.51. The van der Waals surface area contributed by atoms with E-state index < -0.39 is 10.0 Å². The summed E-state index contributed by atoms with van der Waals surface area (Å²) in [6, 6.07) is 16.3. The molecule has 0 amide bonds. The molecular formula is C19H17ClN4O2S. The van der Waals surface area contributed by atoms with Crippen LogP contribution in [0.15, 0.2) is 54.7 Å². The highest BCUT2D eigenvalue weighted by Gasteiger charge is 2.14. The average Bonchev–Trinajstić information content (AvgIpc) is 3.07. The summed E-state index contributed by atoms with van der Waals surface area (Å²) in [7, 11) is -3.51. The van der Waals surface area contributed by atoms with Crippen LogP contribution in [-0.4, -0.2) is 18.4 Å². The molecule has 3 rings (SSSR count). The van der Waals surface area contributed by atoms with E-state index in [9.17, 15) is 8.42 Å². The van der Waals surface area contributed by atoms with Gasteiger partial charge in [0.15, 0.2) is 0 Å². The summed E-state index contributed by atoms with van der Waals surface area (Å²) in [5, 5.41) is 9.38. The second-order valence-corrected chi connectivity index (χ2v) is 8.29. The van der Waals surface area contributed by atoms with Crippen molar-refractivity contribution in [1.82, 2.24) is 14.7 Å². The Morgan fingerprint density at radius 3 is 2.63 bits per heavy atom.